The Morgan fingerprint density at radius 2 is 0.722 bits per heavy atom. The van der Waals surface area contributed by atoms with E-state index in [1.54, 1.807) is 43.5 Å². The first kappa shape index (κ1) is 78.4. The summed E-state index contributed by atoms with van der Waals surface area (Å²) >= 11 is 0. The van der Waals surface area contributed by atoms with E-state index < -0.39 is 10.9 Å². The molecule has 3 saturated heterocycles. The van der Waals surface area contributed by atoms with E-state index in [1.165, 1.54) is 43.5 Å². The molecule has 0 radical (unpaired) electrons. The average molecular weight is 1540 g/mol. The number of fused-ring (bicyclic) bond motifs is 5. The fourth-order valence-electron chi connectivity index (χ4n) is 13.7. The molecule has 5 aromatic heterocycles. The highest BCUT2D eigenvalue weighted by Crippen LogP contribution is 2.32. The van der Waals surface area contributed by atoms with E-state index in [2.05, 4.69) is 98.6 Å². The van der Waals surface area contributed by atoms with Gasteiger partial charge >= 0.3 is 5.97 Å². The van der Waals surface area contributed by atoms with Crippen molar-refractivity contribution in [1.29, 1.82) is 0 Å². The summed E-state index contributed by atoms with van der Waals surface area (Å²) in [7, 11) is 1.64. The molecule has 17 rings (SSSR count). The largest absolute Gasteiger partial charge is 0.497 e. The van der Waals surface area contributed by atoms with Gasteiger partial charge in [0.05, 0.1) is 73.4 Å². The standard InChI is InChI=1S/C22H24N4O2.C21H21FN4O.C21H22N4O.C16H13N3O2.C7H6N4O2/c1-15(23-17-7-9-18(28-2)10-8-17)21-19-14-16(6-11-20(19)24-25-21)22(27)26-12-4-3-5-13-26;1-14(23-17-8-6-16(22)7-9-17)20-18-13-15(5-10-19(18)24-25-20)21(27)26-11-3-2-4-12-26;1-15(22-17-8-4-2-5-9-17)20-18-14-16(10-11-19(18)23-24-20)21(26)25-12-6-3-7-13-25;1-10(17-12-5-3-2-4-6-12)15-13-9-11(16(20)21)7-8-14(13)18-19-15;8-7-5-3-4(11(12)13)1-2-6(5)9-10-7/h6-11,14,23H,1,3-5,12-13H2,2H3,(H,24,25);5-10,13,23H,1-4,11-12H2,(H,24,25);2,4-5,8-11,14,22H,1,3,6-7,12-13H2,(H,23,24);2-9,17H,1H2,(H,18,19)(H,20,21);1-3H,(H3,8,9,10). The van der Waals surface area contributed by atoms with Gasteiger partial charge in [-0.05, 0) is 209 Å². The summed E-state index contributed by atoms with van der Waals surface area (Å²) in [5.41, 5.74) is 20.5. The van der Waals surface area contributed by atoms with Gasteiger partial charge in [-0.25, -0.2) is 9.18 Å². The van der Waals surface area contributed by atoms with Crippen molar-refractivity contribution in [3.05, 3.63) is 287 Å². The van der Waals surface area contributed by atoms with Crippen molar-refractivity contribution < 1.29 is 38.3 Å². The highest BCUT2D eigenvalue weighted by Gasteiger charge is 2.25. The number of amides is 3. The molecule has 0 bridgehead atoms. The number of anilines is 5. The zero-order chi connectivity index (χ0) is 80.5. The first-order valence-electron chi connectivity index (χ1n) is 37.6. The van der Waals surface area contributed by atoms with Crippen LogP contribution in [0.15, 0.2) is 227 Å². The second-order valence-electron chi connectivity index (χ2n) is 27.7. The molecule has 28 heteroatoms. The van der Waals surface area contributed by atoms with Gasteiger partial charge in [-0.2, -0.15) is 25.5 Å². The van der Waals surface area contributed by atoms with Crippen LogP contribution in [-0.4, -0.2) is 146 Å². The minimum atomic E-state index is -0.967. The van der Waals surface area contributed by atoms with Gasteiger partial charge in [0, 0.05) is 112 Å². The zero-order valence-corrected chi connectivity index (χ0v) is 63.3. The van der Waals surface area contributed by atoms with Crippen LogP contribution in [0.1, 0.15) is 122 Å². The van der Waals surface area contributed by atoms with Crippen LogP contribution in [0.25, 0.3) is 77.3 Å². The van der Waals surface area contributed by atoms with Gasteiger partial charge in [0.1, 0.15) is 34.3 Å². The molecule has 0 atom stereocenters. The number of benzene rings is 9. The fourth-order valence-corrected chi connectivity index (χ4v) is 13.7. The molecular weight excluding hydrogens is 1460 g/mol. The normalized spacial score (nSPS) is 13.1. The van der Waals surface area contributed by atoms with Crippen LogP contribution in [0.4, 0.5) is 38.6 Å². The summed E-state index contributed by atoms with van der Waals surface area (Å²) in [6.45, 7) is 21.3. The van der Waals surface area contributed by atoms with E-state index in [9.17, 15) is 33.7 Å². The molecular formula is C87H86FN19O8. The zero-order valence-electron chi connectivity index (χ0n) is 63.3. The molecule has 8 heterocycles. The minimum absolute atomic E-state index is 0.0144. The van der Waals surface area contributed by atoms with E-state index in [0.29, 0.717) is 67.5 Å². The number of hydrogen-bond donors (Lipinski definition) is 11. The molecule has 3 amide bonds. The lowest BCUT2D eigenvalue weighted by molar-refractivity contribution is -0.384. The number of nitrogens with two attached hydrogens (primary N) is 1. The number of aromatic amines is 5. The number of aromatic carboxylic acids is 1. The van der Waals surface area contributed by atoms with Crippen LogP contribution in [0, 0.1) is 15.9 Å². The molecule has 14 aromatic rings. The number of likely N-dealkylation sites (tertiary alicyclic amines) is 3. The molecule has 9 aromatic carbocycles. The summed E-state index contributed by atoms with van der Waals surface area (Å²) in [5.74, 6) is 0.0487. The van der Waals surface area contributed by atoms with E-state index in [4.69, 9.17) is 15.6 Å². The number of nitrogens with one attached hydrogen (secondary N) is 9. The van der Waals surface area contributed by atoms with Crippen LogP contribution >= 0.6 is 0 Å². The van der Waals surface area contributed by atoms with Crippen molar-refractivity contribution in [3.8, 4) is 5.75 Å². The molecule has 3 fully saturated rings. The maximum absolute atomic E-state index is 13.1. The third-order valence-corrected chi connectivity index (χ3v) is 19.8. The number of nitro groups is 1. The van der Waals surface area contributed by atoms with Crippen molar-refractivity contribution in [2.45, 2.75) is 57.8 Å². The molecule has 12 N–H and O–H groups in total. The van der Waals surface area contributed by atoms with Gasteiger partial charge in [-0.15, -0.1) is 0 Å². The molecule has 0 aliphatic carbocycles. The van der Waals surface area contributed by atoms with Crippen molar-refractivity contribution in [3.63, 3.8) is 0 Å². The Balaban J connectivity index is 0.000000127. The second kappa shape index (κ2) is 36.4. The predicted molar refractivity (Wildman–Crippen MR) is 451 cm³/mol. The summed E-state index contributed by atoms with van der Waals surface area (Å²) in [4.78, 5) is 65.2. The first-order chi connectivity index (χ1) is 55.8. The van der Waals surface area contributed by atoms with Gasteiger partial charge in [0.2, 0.25) is 0 Å². The van der Waals surface area contributed by atoms with Crippen LogP contribution in [0.3, 0.4) is 0 Å². The smallest absolute Gasteiger partial charge is 0.335 e. The summed E-state index contributed by atoms with van der Waals surface area (Å²) in [6, 6.07) is 59.3. The van der Waals surface area contributed by atoms with Gasteiger partial charge in [0.25, 0.3) is 23.4 Å². The van der Waals surface area contributed by atoms with Gasteiger partial charge in [-0.3, -0.25) is 50.0 Å². The average Bonchev–Trinajstić information content (AvgIpc) is 1.63. The van der Waals surface area contributed by atoms with Crippen molar-refractivity contribution in [2.75, 3.05) is 73.4 Å². The Labute approximate surface area is 660 Å². The highest BCUT2D eigenvalue weighted by atomic mass is 19.1. The van der Waals surface area contributed by atoms with Gasteiger partial charge < -0.3 is 51.5 Å². The molecule has 0 unspecified atom stereocenters. The van der Waals surface area contributed by atoms with Gasteiger partial charge in [-0.1, -0.05) is 62.7 Å². The number of nitrogen functional groups attached to an aromatic ring is 1. The van der Waals surface area contributed by atoms with Crippen LogP contribution < -0.4 is 31.7 Å². The minimum Gasteiger partial charge on any atom is -0.497 e. The summed E-state index contributed by atoms with van der Waals surface area (Å²) in [5, 5.41) is 71.9. The first-order valence-corrected chi connectivity index (χ1v) is 37.6. The SMILES string of the molecule is C=C(Nc1ccc(F)cc1)c1n[nH]c2ccc(C(=O)N3CCCCC3)cc12.C=C(Nc1ccc(OC)cc1)c1n[nH]c2ccc(C(=O)N3CCCCC3)cc12.C=C(Nc1ccccc1)c1n[nH]c2ccc(C(=O)N3CCCCC3)cc12.C=C(Nc1ccccc1)c1n[nH]c2ccc(C(=O)O)cc12.Nc1n[nH]c2ccc([N+](=O)[O-])cc12. The number of rotatable bonds is 18. The molecule has 584 valence electrons. The molecule has 3 aliphatic rings. The number of non-ortho nitro benzene ring substituents is 1. The Morgan fingerprint density at radius 3 is 1.06 bits per heavy atom. The second-order valence-corrected chi connectivity index (χ2v) is 27.7. The molecule has 0 saturated carbocycles. The lowest BCUT2D eigenvalue weighted by atomic mass is 10.1. The quantitative estimate of drug-likeness (QED) is 0.0281. The summed E-state index contributed by atoms with van der Waals surface area (Å²) < 4.78 is 18.3. The maximum Gasteiger partial charge on any atom is 0.335 e. The number of nitrogens with zero attached hydrogens (tertiary/aromatic N) is 9. The Bertz CT molecular complexity index is 5880. The van der Waals surface area contributed by atoms with Crippen molar-refractivity contribution in [2.24, 2.45) is 0 Å². The van der Waals surface area contributed by atoms with E-state index in [-0.39, 0.29) is 40.6 Å². The number of para-hydroxylation sites is 2. The van der Waals surface area contributed by atoms with Crippen LogP contribution in [0.2, 0.25) is 0 Å². The number of carboxylic acid groups (broad SMARTS) is 1. The maximum atomic E-state index is 13.1. The predicted octanol–water partition coefficient (Wildman–Crippen LogP) is 17.4. The number of carboxylic acids is 1. The number of carbonyl (C=O) groups excluding carboxylic acids is 3. The lowest BCUT2D eigenvalue weighted by Gasteiger charge is -2.26. The topological polar surface area (TPSA) is 368 Å². The number of methoxy groups -OCH3 is 1. The number of aromatic nitrogens is 10. The number of H-pyrrole nitrogens is 5. The molecule has 115 heavy (non-hydrogen) atoms. The van der Waals surface area contributed by atoms with Crippen LogP contribution in [0.5, 0.6) is 5.75 Å². The number of ether oxygens (including phenoxy) is 1. The molecule has 0 spiro atoms. The molecule has 27 nitrogen and oxygen atoms in total. The van der Waals surface area contributed by atoms with E-state index in [1.807, 2.05) is 154 Å². The third kappa shape index (κ3) is 19.2. The number of halogens is 1. The Morgan fingerprint density at radius 1 is 0.417 bits per heavy atom. The van der Waals surface area contributed by atoms with Crippen LogP contribution in [-0.2, 0) is 0 Å². The molecule has 3 aliphatic heterocycles. The number of nitro benzene ring substituents is 1. The Kier molecular flexibility index (Phi) is 24.8. The number of carbonyl (C=O) groups is 4. The lowest BCUT2D eigenvalue weighted by Crippen LogP contribution is -2.35. The van der Waals surface area contributed by atoms with Crippen molar-refractivity contribution >= 4 is 135 Å². The number of hydrogen-bond acceptors (Lipinski definition) is 17. The third-order valence-electron chi connectivity index (χ3n) is 19.8. The van der Waals surface area contributed by atoms with Crippen molar-refractivity contribution in [1.82, 2.24) is 65.7 Å². The number of piperidine rings is 3. The highest BCUT2D eigenvalue weighted by molar-refractivity contribution is 6.04. The monoisotopic (exact) mass is 1540 g/mol. The fraction of sp³-hybridized carbons (Fsp3) is 0.184. The summed E-state index contributed by atoms with van der Waals surface area (Å²) in [6.07, 6.45) is 10.0. The van der Waals surface area contributed by atoms with Gasteiger partial charge in [0.15, 0.2) is 5.82 Å². The van der Waals surface area contributed by atoms with E-state index >= 15 is 0 Å². The Hall–Kier alpha value is -14.7. The van der Waals surface area contributed by atoms with E-state index in [0.717, 1.165) is 156 Å².